The van der Waals surface area contributed by atoms with Crippen molar-refractivity contribution in [3.05, 3.63) is 36.4 Å². The summed E-state index contributed by atoms with van der Waals surface area (Å²) in [6.07, 6.45) is 5.68. The van der Waals surface area contributed by atoms with Crippen LogP contribution in [0, 0.1) is 0 Å². The molecule has 0 bridgehead atoms. The van der Waals surface area contributed by atoms with Crippen LogP contribution < -0.4 is 16.6 Å². The van der Waals surface area contributed by atoms with Crippen molar-refractivity contribution in [1.82, 2.24) is 10.5 Å². The van der Waals surface area contributed by atoms with Crippen LogP contribution in [0.1, 0.15) is 73.1 Å². The van der Waals surface area contributed by atoms with E-state index in [0.29, 0.717) is 17.1 Å². The van der Waals surface area contributed by atoms with Gasteiger partial charge in [0.25, 0.3) is 0 Å². The first kappa shape index (κ1) is 34.4. The van der Waals surface area contributed by atoms with E-state index in [0.717, 1.165) is 53.5 Å². The highest BCUT2D eigenvalue weighted by Gasteiger charge is 2.08. The summed E-state index contributed by atoms with van der Waals surface area (Å²) in [6, 6.07) is 10.1. The number of nitrogens with one attached hydrogen (secondary N) is 1. The first-order valence-corrected chi connectivity index (χ1v) is 13.9. The summed E-state index contributed by atoms with van der Waals surface area (Å²) in [7, 11) is 1.44. The molecule has 0 saturated carbocycles. The molecule has 1 amide bonds. The van der Waals surface area contributed by atoms with Gasteiger partial charge in [0.1, 0.15) is 0 Å². The maximum Gasteiger partial charge on any atom is 0.224 e. The van der Waals surface area contributed by atoms with Crippen molar-refractivity contribution in [2.45, 2.75) is 78.0 Å². The summed E-state index contributed by atoms with van der Waals surface area (Å²) in [4.78, 5) is 17.6. The van der Waals surface area contributed by atoms with Crippen LogP contribution >= 0.6 is 23.6 Å². The number of azo groups is 1. The van der Waals surface area contributed by atoms with E-state index in [4.69, 9.17) is 4.33 Å². The van der Waals surface area contributed by atoms with Gasteiger partial charge in [-0.3, -0.25) is 4.79 Å². The van der Waals surface area contributed by atoms with Crippen LogP contribution in [0.4, 0.5) is 16.4 Å². The van der Waals surface area contributed by atoms with Crippen LogP contribution in [0.25, 0.3) is 10.9 Å². The molecule has 0 aliphatic heterocycles. The van der Waals surface area contributed by atoms with Crippen molar-refractivity contribution in [3.63, 3.8) is 0 Å². The lowest BCUT2D eigenvalue weighted by molar-refractivity contribution is -0.267. The number of rotatable bonds is 12. The minimum Gasteiger partial charge on any atom is -0.871 e. The highest BCUT2D eigenvalue weighted by molar-refractivity contribution is 7.94. The van der Waals surface area contributed by atoms with E-state index in [9.17, 15) is 9.90 Å². The number of hydrogen-bond donors (Lipinski definition) is 2. The van der Waals surface area contributed by atoms with Crippen molar-refractivity contribution in [2.75, 3.05) is 12.4 Å². The molecule has 37 heavy (non-hydrogen) atoms. The molecule has 3 rings (SSSR count). The Morgan fingerprint density at radius 1 is 1.05 bits per heavy atom. The predicted octanol–water partition coefficient (Wildman–Crippen LogP) is 8.88. The van der Waals surface area contributed by atoms with E-state index in [-0.39, 0.29) is 23.5 Å². The highest BCUT2D eigenvalue weighted by Crippen LogP contribution is 2.35. The van der Waals surface area contributed by atoms with Crippen molar-refractivity contribution in [3.8, 4) is 5.75 Å². The van der Waals surface area contributed by atoms with Gasteiger partial charge < -0.3 is 16.6 Å². The Bertz CT molecular complexity index is 1080. The van der Waals surface area contributed by atoms with Gasteiger partial charge in [0.15, 0.2) is 5.00 Å². The molecule has 0 radical (unpaired) electrons. The first-order valence-electron chi connectivity index (χ1n) is 12.4. The molecule has 1 aromatic heterocycles. The summed E-state index contributed by atoms with van der Waals surface area (Å²) >= 11 is 2.31. The van der Waals surface area contributed by atoms with Crippen LogP contribution in [-0.2, 0) is 14.0 Å². The van der Waals surface area contributed by atoms with Gasteiger partial charge >= 0.3 is 0 Å². The summed E-state index contributed by atoms with van der Waals surface area (Å²) in [6.45, 7) is 10.2. The fraction of sp³-hybridized carbons (Fsp3) is 0.462. The molecule has 0 unspecified atom stereocenters. The third-order valence-corrected chi connectivity index (χ3v) is 6.04. The number of carbonyl (C=O) groups is 1. The van der Waals surface area contributed by atoms with Crippen molar-refractivity contribution >= 4 is 56.8 Å². The average molecular weight is 551 g/mol. The molecule has 0 fully saturated rings. The first-order chi connectivity index (χ1) is 17.6. The minimum atomic E-state index is -0.258. The number of aromatic nitrogens is 1. The fourth-order valence-corrected chi connectivity index (χ4v) is 4.11. The number of fused-ring (bicyclic) bond motifs is 1. The molecule has 206 valence electrons. The van der Waals surface area contributed by atoms with Crippen LogP contribution in [0.5, 0.6) is 5.75 Å². The number of anilines is 1. The largest absolute Gasteiger partial charge is 0.871 e. The van der Waals surface area contributed by atoms with E-state index >= 15 is 0 Å². The maximum absolute atomic E-state index is 12.2. The molecule has 9 nitrogen and oxygen atoms in total. The highest BCUT2D eigenvalue weighted by atomic mass is 32.2. The fourth-order valence-electron chi connectivity index (χ4n) is 2.99. The molecule has 0 saturated heterocycles. The zero-order valence-corrected chi connectivity index (χ0v) is 24.3. The minimum absolute atomic E-state index is 0. The van der Waals surface area contributed by atoms with Gasteiger partial charge in [0, 0.05) is 22.4 Å². The number of benzene rings is 2. The molecule has 0 atom stereocenters. The number of carbonyl (C=O) groups excluding carboxylic acids is 1. The molecular weight excluding hydrogens is 510 g/mol. The smallest absolute Gasteiger partial charge is 0.224 e. The Hall–Kier alpha value is -2.57. The third kappa shape index (κ3) is 12.0. The number of amides is 1. The van der Waals surface area contributed by atoms with Crippen molar-refractivity contribution in [1.29, 1.82) is 0 Å². The molecule has 3 aromatic rings. The molecule has 2 aromatic carbocycles. The van der Waals surface area contributed by atoms with Gasteiger partial charge in [0.2, 0.25) is 5.91 Å². The monoisotopic (exact) mass is 550 g/mol. The van der Waals surface area contributed by atoms with E-state index in [2.05, 4.69) is 31.7 Å². The Balaban J connectivity index is 0.00000247. The van der Waals surface area contributed by atoms with Gasteiger partial charge in [-0.25, -0.2) is 4.89 Å². The van der Waals surface area contributed by atoms with Crippen LogP contribution in [0.3, 0.4) is 0 Å². The molecule has 0 spiro atoms. The van der Waals surface area contributed by atoms with Gasteiger partial charge in [-0.15, -0.1) is 10.2 Å². The number of nitrogens with zero attached hydrogens (tertiary/aromatic N) is 3. The molecule has 0 aliphatic rings. The maximum atomic E-state index is 12.2. The van der Waals surface area contributed by atoms with Crippen LogP contribution in [0.2, 0.25) is 0 Å². The topological polar surface area (TPSA) is 143 Å². The molecule has 0 aliphatic carbocycles. The standard InChI is InChI=1S/C22H26N4O4S2.2C2H6.H3N/c1-3-4-5-6-7-8-21(28)23-19-13-15(9-12-20(19)27)24-25-22-17-14-16(32-30-29-2)10-11-18(17)26-31-22;2*1-2;/h9-14,27H,3-8H2,1-2H3,(H,23,28);2*1-2H3;1H3/p-1. The van der Waals surface area contributed by atoms with E-state index < -0.39 is 0 Å². The Kier molecular flexibility index (Phi) is 19.1. The van der Waals surface area contributed by atoms with Gasteiger partial charge in [0.05, 0.1) is 30.4 Å². The van der Waals surface area contributed by atoms with E-state index in [1.807, 2.05) is 45.9 Å². The normalized spacial score (nSPS) is 10.2. The molecule has 4 N–H and O–H groups in total. The number of hydrogen-bond acceptors (Lipinski definition) is 10. The van der Waals surface area contributed by atoms with E-state index in [1.165, 1.54) is 37.2 Å². The number of unbranched alkanes of at least 4 members (excludes halogenated alkanes) is 4. The molecule has 1 heterocycles. The molecular formula is C26H40N5O4S2-. The summed E-state index contributed by atoms with van der Waals surface area (Å²) < 4.78 is 9.26. The summed E-state index contributed by atoms with van der Waals surface area (Å²) in [5.74, 6) is -0.421. The second kappa shape index (κ2) is 20.5. The van der Waals surface area contributed by atoms with Gasteiger partial charge in [-0.1, -0.05) is 72.1 Å². The Morgan fingerprint density at radius 3 is 2.49 bits per heavy atom. The predicted molar refractivity (Wildman–Crippen MR) is 153 cm³/mol. The van der Waals surface area contributed by atoms with E-state index in [1.54, 1.807) is 6.07 Å². The van der Waals surface area contributed by atoms with Gasteiger partial charge in [-0.2, -0.15) is 8.71 Å². The lowest BCUT2D eigenvalue weighted by Crippen LogP contribution is -2.12. The van der Waals surface area contributed by atoms with Crippen molar-refractivity contribution < 1.29 is 19.1 Å². The third-order valence-electron chi connectivity index (χ3n) is 4.63. The zero-order chi connectivity index (χ0) is 26.8. The Labute approximate surface area is 229 Å². The Morgan fingerprint density at radius 2 is 1.78 bits per heavy atom. The summed E-state index contributed by atoms with van der Waals surface area (Å²) in [5, 5.41) is 24.8. The lowest BCUT2D eigenvalue weighted by Gasteiger charge is -2.14. The second-order valence-electron chi connectivity index (χ2n) is 7.08. The quantitative estimate of drug-likeness (QED) is 0.0753. The summed E-state index contributed by atoms with van der Waals surface area (Å²) in [5.41, 5.74) is 1.48. The lowest BCUT2D eigenvalue weighted by atomic mass is 10.1. The zero-order valence-electron chi connectivity index (χ0n) is 22.7. The van der Waals surface area contributed by atoms with Gasteiger partial charge in [-0.05, 0) is 48.3 Å². The van der Waals surface area contributed by atoms with Crippen LogP contribution in [-0.4, -0.2) is 17.4 Å². The average Bonchev–Trinajstić information content (AvgIpc) is 3.32. The van der Waals surface area contributed by atoms with Crippen molar-refractivity contribution in [2.24, 2.45) is 10.2 Å². The SMILES string of the molecule is CC.CC.CCCCCCCC(=O)Nc1cc(N=Nc2snc3ccc(SOOC)cc23)ccc1[O-].N. The molecule has 11 heteroatoms. The van der Waals surface area contributed by atoms with Crippen LogP contribution in [0.15, 0.2) is 51.5 Å². The second-order valence-corrected chi connectivity index (χ2v) is 8.60.